The summed E-state index contributed by atoms with van der Waals surface area (Å²) in [6, 6.07) is 11.2. The van der Waals surface area contributed by atoms with Crippen LogP contribution in [-0.4, -0.2) is 18.5 Å². The molecule has 4 heteroatoms. The van der Waals surface area contributed by atoms with Crippen LogP contribution in [0.2, 0.25) is 0 Å². The van der Waals surface area contributed by atoms with E-state index in [0.717, 1.165) is 5.56 Å². The highest BCUT2D eigenvalue weighted by Crippen LogP contribution is 2.01. The first-order valence-electron chi connectivity index (χ1n) is 5.68. The predicted octanol–water partition coefficient (Wildman–Crippen LogP) is 0.976. The molecule has 17 heavy (non-hydrogen) atoms. The third-order valence-electron chi connectivity index (χ3n) is 2.40. The summed E-state index contributed by atoms with van der Waals surface area (Å²) in [4.78, 5) is 11.6. The molecule has 0 fully saturated rings. The number of rotatable bonds is 6. The Morgan fingerprint density at radius 2 is 2.12 bits per heavy atom. The fourth-order valence-electron chi connectivity index (χ4n) is 1.47. The van der Waals surface area contributed by atoms with Crippen LogP contribution >= 0.6 is 0 Å². The van der Waals surface area contributed by atoms with E-state index >= 15 is 0 Å². The number of unbranched alkanes of at least 4 members (excludes halogenated alkanes) is 1. The van der Waals surface area contributed by atoms with E-state index in [9.17, 15) is 4.79 Å². The van der Waals surface area contributed by atoms with Crippen molar-refractivity contribution in [1.29, 1.82) is 5.26 Å². The molecule has 0 aliphatic rings. The third kappa shape index (κ3) is 5.14. The highest BCUT2D eigenvalue weighted by molar-refractivity contribution is 5.81. The Hall–Kier alpha value is -1.86. The molecule has 0 aliphatic heterocycles. The van der Waals surface area contributed by atoms with Gasteiger partial charge >= 0.3 is 0 Å². The Bertz CT molecular complexity index is 383. The average Bonchev–Trinajstić information content (AvgIpc) is 2.35. The lowest BCUT2D eigenvalue weighted by atomic mass is 10.1. The van der Waals surface area contributed by atoms with Crippen molar-refractivity contribution in [3.05, 3.63) is 35.9 Å². The number of carbonyl (C=O) groups is 1. The number of benzene rings is 1. The third-order valence-corrected chi connectivity index (χ3v) is 2.40. The second-order valence-corrected chi connectivity index (χ2v) is 3.85. The summed E-state index contributed by atoms with van der Waals surface area (Å²) >= 11 is 0. The van der Waals surface area contributed by atoms with E-state index in [4.69, 9.17) is 11.0 Å². The number of nitriles is 1. The van der Waals surface area contributed by atoms with Gasteiger partial charge in [-0.1, -0.05) is 30.3 Å². The molecule has 1 aromatic carbocycles. The van der Waals surface area contributed by atoms with E-state index < -0.39 is 6.04 Å². The van der Waals surface area contributed by atoms with Crippen molar-refractivity contribution in [2.75, 3.05) is 6.54 Å². The van der Waals surface area contributed by atoms with Gasteiger partial charge in [0.1, 0.15) is 0 Å². The van der Waals surface area contributed by atoms with Gasteiger partial charge in [0, 0.05) is 13.0 Å². The number of hydrogen-bond acceptors (Lipinski definition) is 3. The van der Waals surface area contributed by atoms with Gasteiger partial charge in [0.2, 0.25) is 5.91 Å². The average molecular weight is 231 g/mol. The summed E-state index contributed by atoms with van der Waals surface area (Å²) in [6.45, 7) is 0.509. The van der Waals surface area contributed by atoms with Gasteiger partial charge in [-0.2, -0.15) is 5.26 Å². The minimum Gasteiger partial charge on any atom is -0.355 e. The Morgan fingerprint density at radius 1 is 1.41 bits per heavy atom. The van der Waals surface area contributed by atoms with Crippen molar-refractivity contribution in [3.8, 4) is 6.07 Å². The fourth-order valence-corrected chi connectivity index (χ4v) is 1.47. The molecule has 1 atom stereocenters. The minimum atomic E-state index is -0.528. The first kappa shape index (κ1) is 13.2. The molecule has 0 saturated heterocycles. The summed E-state index contributed by atoms with van der Waals surface area (Å²) in [5.41, 5.74) is 6.84. The molecule has 0 spiro atoms. The number of nitrogens with one attached hydrogen (secondary N) is 1. The van der Waals surface area contributed by atoms with E-state index in [1.807, 2.05) is 36.4 Å². The maximum atomic E-state index is 11.6. The van der Waals surface area contributed by atoms with E-state index in [2.05, 4.69) is 5.32 Å². The molecule has 1 aromatic rings. The molecule has 1 amide bonds. The topological polar surface area (TPSA) is 78.9 Å². The number of nitrogens with two attached hydrogens (primary N) is 1. The van der Waals surface area contributed by atoms with Crippen molar-refractivity contribution in [2.24, 2.45) is 5.73 Å². The summed E-state index contributed by atoms with van der Waals surface area (Å²) in [7, 11) is 0. The Morgan fingerprint density at radius 3 is 2.76 bits per heavy atom. The SMILES string of the molecule is N#CCCCNC(=O)C(N)Cc1ccccc1. The van der Waals surface area contributed by atoms with E-state index in [0.29, 0.717) is 25.8 Å². The van der Waals surface area contributed by atoms with Gasteiger partial charge in [-0.3, -0.25) is 4.79 Å². The van der Waals surface area contributed by atoms with E-state index in [1.54, 1.807) is 0 Å². The second kappa shape index (κ2) is 7.42. The summed E-state index contributed by atoms with van der Waals surface area (Å²) in [6.07, 6.45) is 1.65. The van der Waals surface area contributed by atoms with Crippen LogP contribution in [0.1, 0.15) is 18.4 Å². The summed E-state index contributed by atoms with van der Waals surface area (Å²) < 4.78 is 0. The molecule has 1 rings (SSSR count). The van der Waals surface area contributed by atoms with Crippen molar-refractivity contribution in [1.82, 2.24) is 5.32 Å². The number of nitrogens with zero attached hydrogens (tertiary/aromatic N) is 1. The molecular formula is C13H17N3O. The number of hydrogen-bond donors (Lipinski definition) is 2. The quantitative estimate of drug-likeness (QED) is 0.716. The van der Waals surface area contributed by atoms with Gasteiger partial charge in [-0.25, -0.2) is 0 Å². The molecule has 0 bridgehead atoms. The van der Waals surface area contributed by atoms with Crippen LogP contribution in [-0.2, 0) is 11.2 Å². The monoisotopic (exact) mass is 231 g/mol. The molecule has 0 aromatic heterocycles. The van der Waals surface area contributed by atoms with Gasteiger partial charge in [0.15, 0.2) is 0 Å². The maximum absolute atomic E-state index is 11.6. The predicted molar refractivity (Wildman–Crippen MR) is 66.0 cm³/mol. The maximum Gasteiger partial charge on any atom is 0.237 e. The van der Waals surface area contributed by atoms with Crippen LogP contribution in [0, 0.1) is 11.3 Å². The molecule has 90 valence electrons. The molecule has 4 nitrogen and oxygen atoms in total. The standard InChI is InChI=1S/C13H17N3O/c14-8-4-5-9-16-13(17)12(15)10-11-6-2-1-3-7-11/h1-3,6-7,12H,4-5,9-10,15H2,(H,16,17). The highest BCUT2D eigenvalue weighted by atomic mass is 16.2. The largest absolute Gasteiger partial charge is 0.355 e. The van der Waals surface area contributed by atoms with Gasteiger partial charge in [0.25, 0.3) is 0 Å². The molecular weight excluding hydrogens is 214 g/mol. The zero-order valence-electron chi connectivity index (χ0n) is 9.73. The first-order chi connectivity index (χ1) is 8.24. The first-order valence-corrected chi connectivity index (χ1v) is 5.68. The fraction of sp³-hybridized carbons (Fsp3) is 0.385. The van der Waals surface area contributed by atoms with Crippen molar-refractivity contribution >= 4 is 5.91 Å². The van der Waals surface area contributed by atoms with Crippen LogP contribution < -0.4 is 11.1 Å². The molecule has 1 unspecified atom stereocenters. The lowest BCUT2D eigenvalue weighted by Crippen LogP contribution is -2.42. The molecule has 0 radical (unpaired) electrons. The van der Waals surface area contributed by atoms with Crippen LogP contribution in [0.5, 0.6) is 0 Å². The Balaban J connectivity index is 2.30. The van der Waals surface area contributed by atoms with Crippen LogP contribution in [0.4, 0.5) is 0 Å². The lowest BCUT2D eigenvalue weighted by Gasteiger charge is -2.11. The van der Waals surface area contributed by atoms with Gasteiger partial charge in [0.05, 0.1) is 12.1 Å². The van der Waals surface area contributed by atoms with Gasteiger partial charge < -0.3 is 11.1 Å². The summed E-state index contributed by atoms with van der Waals surface area (Å²) in [5.74, 6) is -0.160. The Kier molecular flexibility index (Phi) is 5.76. The molecule has 0 aliphatic carbocycles. The zero-order chi connectivity index (χ0) is 12.5. The molecule has 0 heterocycles. The van der Waals surface area contributed by atoms with Gasteiger partial charge in [-0.05, 0) is 18.4 Å². The van der Waals surface area contributed by atoms with Crippen molar-refractivity contribution in [2.45, 2.75) is 25.3 Å². The molecule has 3 N–H and O–H groups in total. The van der Waals surface area contributed by atoms with E-state index in [1.165, 1.54) is 0 Å². The normalized spacial score (nSPS) is 11.5. The van der Waals surface area contributed by atoms with Crippen LogP contribution in [0.3, 0.4) is 0 Å². The minimum absolute atomic E-state index is 0.160. The number of amides is 1. The van der Waals surface area contributed by atoms with Gasteiger partial charge in [-0.15, -0.1) is 0 Å². The van der Waals surface area contributed by atoms with Crippen molar-refractivity contribution in [3.63, 3.8) is 0 Å². The van der Waals surface area contributed by atoms with Crippen molar-refractivity contribution < 1.29 is 4.79 Å². The lowest BCUT2D eigenvalue weighted by molar-refractivity contribution is -0.122. The summed E-state index contributed by atoms with van der Waals surface area (Å²) in [5, 5.41) is 11.1. The van der Waals surface area contributed by atoms with E-state index in [-0.39, 0.29) is 5.91 Å². The highest BCUT2D eigenvalue weighted by Gasteiger charge is 2.12. The number of carbonyl (C=O) groups excluding carboxylic acids is 1. The Labute approximate surface area is 101 Å². The second-order valence-electron chi connectivity index (χ2n) is 3.85. The van der Waals surface area contributed by atoms with Crippen LogP contribution in [0.25, 0.3) is 0 Å². The zero-order valence-corrected chi connectivity index (χ0v) is 9.73. The molecule has 0 saturated carbocycles. The smallest absolute Gasteiger partial charge is 0.237 e. The van der Waals surface area contributed by atoms with Crippen LogP contribution in [0.15, 0.2) is 30.3 Å².